The number of methoxy groups -OCH3 is 1. The highest BCUT2D eigenvalue weighted by atomic mass is 16.6. The number of nitrogens with zero attached hydrogens (tertiary/aromatic N) is 2. The number of carbonyl (C=O) groups is 1. The highest BCUT2D eigenvalue weighted by Gasteiger charge is 2.30. The minimum atomic E-state index is -0.435. The molecule has 20 heavy (non-hydrogen) atoms. The number of carbonyl (C=O) groups excluding carboxylic acids is 1. The van der Waals surface area contributed by atoms with Crippen LogP contribution in [0.3, 0.4) is 0 Å². The van der Waals surface area contributed by atoms with Gasteiger partial charge in [0.2, 0.25) is 0 Å². The Bertz CT molecular complexity index is 488. The Labute approximate surface area is 116 Å². The molecule has 0 bridgehead atoms. The van der Waals surface area contributed by atoms with E-state index in [4.69, 9.17) is 9.47 Å². The molecule has 1 unspecified atom stereocenters. The first-order valence-electron chi connectivity index (χ1n) is 6.25. The van der Waals surface area contributed by atoms with E-state index in [-0.39, 0.29) is 11.7 Å². The van der Waals surface area contributed by atoms with Crippen LogP contribution < -0.4 is 0 Å². The van der Waals surface area contributed by atoms with Crippen LogP contribution in [0.4, 0.5) is 5.69 Å². The molecule has 1 saturated heterocycles. The molecule has 1 aliphatic rings. The van der Waals surface area contributed by atoms with Crippen molar-refractivity contribution in [2.75, 3.05) is 26.9 Å². The molecule has 7 heteroatoms. The maximum absolute atomic E-state index is 11.7. The van der Waals surface area contributed by atoms with E-state index < -0.39 is 11.0 Å². The lowest BCUT2D eigenvalue weighted by molar-refractivity contribution is -0.384. The molecule has 1 aliphatic heterocycles. The van der Waals surface area contributed by atoms with Gasteiger partial charge in [0, 0.05) is 25.2 Å². The Morgan fingerprint density at radius 2 is 2.20 bits per heavy atom. The zero-order valence-corrected chi connectivity index (χ0v) is 11.2. The first-order chi connectivity index (χ1) is 9.61. The fraction of sp³-hybridized carbons (Fsp3) is 0.462. The predicted molar refractivity (Wildman–Crippen MR) is 70.1 cm³/mol. The van der Waals surface area contributed by atoms with E-state index >= 15 is 0 Å². The minimum absolute atomic E-state index is 0.0558. The molecule has 7 nitrogen and oxygen atoms in total. The van der Waals surface area contributed by atoms with Gasteiger partial charge in [0.05, 0.1) is 25.2 Å². The Balaban J connectivity index is 2.06. The zero-order valence-electron chi connectivity index (χ0n) is 11.2. The van der Waals surface area contributed by atoms with Crippen molar-refractivity contribution in [1.82, 2.24) is 4.90 Å². The third kappa shape index (κ3) is 3.31. The summed E-state index contributed by atoms with van der Waals surface area (Å²) in [5.74, 6) is -0.327. The molecular weight excluding hydrogens is 264 g/mol. The van der Waals surface area contributed by atoms with E-state index in [0.29, 0.717) is 26.3 Å². The molecule has 0 aromatic heterocycles. The fourth-order valence-corrected chi connectivity index (χ4v) is 2.14. The number of nitro groups is 1. The summed E-state index contributed by atoms with van der Waals surface area (Å²) < 4.78 is 10.1. The van der Waals surface area contributed by atoms with Crippen LogP contribution in [0.25, 0.3) is 0 Å². The van der Waals surface area contributed by atoms with Crippen molar-refractivity contribution in [2.24, 2.45) is 0 Å². The minimum Gasteiger partial charge on any atom is -0.468 e. The van der Waals surface area contributed by atoms with E-state index in [1.165, 1.54) is 19.2 Å². The second-order valence-corrected chi connectivity index (χ2v) is 4.51. The first kappa shape index (κ1) is 14.4. The number of rotatable bonds is 4. The van der Waals surface area contributed by atoms with Gasteiger partial charge in [0.1, 0.15) is 6.04 Å². The van der Waals surface area contributed by atoms with E-state index in [1.807, 2.05) is 4.90 Å². The average Bonchev–Trinajstić information content (AvgIpc) is 2.47. The van der Waals surface area contributed by atoms with Crippen LogP contribution in [0, 0.1) is 10.1 Å². The molecule has 1 heterocycles. The maximum Gasteiger partial charge on any atom is 0.325 e. The van der Waals surface area contributed by atoms with Crippen molar-refractivity contribution in [3.05, 3.63) is 39.9 Å². The molecular formula is C13H16N2O5. The van der Waals surface area contributed by atoms with Gasteiger partial charge in [0.25, 0.3) is 5.69 Å². The van der Waals surface area contributed by atoms with E-state index in [9.17, 15) is 14.9 Å². The van der Waals surface area contributed by atoms with Gasteiger partial charge in [-0.3, -0.25) is 19.8 Å². The smallest absolute Gasteiger partial charge is 0.325 e. The van der Waals surface area contributed by atoms with Gasteiger partial charge in [-0.25, -0.2) is 0 Å². The van der Waals surface area contributed by atoms with Crippen molar-refractivity contribution in [2.45, 2.75) is 12.6 Å². The van der Waals surface area contributed by atoms with Crippen LogP contribution in [-0.4, -0.2) is 48.7 Å². The van der Waals surface area contributed by atoms with Gasteiger partial charge >= 0.3 is 5.97 Å². The Kier molecular flexibility index (Phi) is 4.65. The van der Waals surface area contributed by atoms with Gasteiger partial charge < -0.3 is 9.47 Å². The number of ether oxygens (including phenoxy) is 2. The monoisotopic (exact) mass is 280 g/mol. The SMILES string of the molecule is COC(=O)C1COCCN1Cc1ccc([N+](=O)[O-])cc1. The highest BCUT2D eigenvalue weighted by Crippen LogP contribution is 2.16. The van der Waals surface area contributed by atoms with Crippen LogP contribution >= 0.6 is 0 Å². The number of benzene rings is 1. The molecule has 0 N–H and O–H groups in total. The third-order valence-electron chi connectivity index (χ3n) is 3.25. The lowest BCUT2D eigenvalue weighted by atomic mass is 10.1. The molecule has 0 amide bonds. The summed E-state index contributed by atoms with van der Waals surface area (Å²) in [5.41, 5.74) is 0.964. The molecule has 2 rings (SSSR count). The number of hydrogen-bond donors (Lipinski definition) is 0. The fourth-order valence-electron chi connectivity index (χ4n) is 2.14. The summed E-state index contributed by atoms with van der Waals surface area (Å²) in [6, 6.07) is 5.89. The summed E-state index contributed by atoms with van der Waals surface area (Å²) >= 11 is 0. The van der Waals surface area contributed by atoms with E-state index in [0.717, 1.165) is 5.56 Å². The second-order valence-electron chi connectivity index (χ2n) is 4.51. The number of nitro benzene ring substituents is 1. The Morgan fingerprint density at radius 3 is 2.80 bits per heavy atom. The topological polar surface area (TPSA) is 81.9 Å². The number of non-ortho nitro benzene ring substituents is 1. The van der Waals surface area contributed by atoms with Crippen LogP contribution in [0.1, 0.15) is 5.56 Å². The Hall–Kier alpha value is -1.99. The number of morpholine rings is 1. The van der Waals surface area contributed by atoms with Gasteiger partial charge in [0.15, 0.2) is 0 Å². The lowest BCUT2D eigenvalue weighted by Crippen LogP contribution is -2.49. The second kappa shape index (κ2) is 6.44. The zero-order chi connectivity index (χ0) is 14.5. The quantitative estimate of drug-likeness (QED) is 0.464. The van der Waals surface area contributed by atoms with Crippen LogP contribution in [-0.2, 0) is 20.8 Å². The summed E-state index contributed by atoms with van der Waals surface area (Å²) in [6.07, 6.45) is 0. The van der Waals surface area contributed by atoms with E-state index in [2.05, 4.69) is 0 Å². The van der Waals surface area contributed by atoms with Crippen molar-refractivity contribution in [3.63, 3.8) is 0 Å². The molecule has 0 saturated carbocycles. The molecule has 0 aliphatic carbocycles. The number of hydrogen-bond acceptors (Lipinski definition) is 6. The van der Waals surface area contributed by atoms with Gasteiger partial charge in [-0.2, -0.15) is 0 Å². The summed E-state index contributed by atoms with van der Waals surface area (Å²) in [5, 5.41) is 10.6. The maximum atomic E-state index is 11.7. The molecule has 1 fully saturated rings. The van der Waals surface area contributed by atoms with Crippen LogP contribution in [0.5, 0.6) is 0 Å². The van der Waals surface area contributed by atoms with Crippen molar-refractivity contribution in [1.29, 1.82) is 0 Å². The summed E-state index contributed by atoms with van der Waals surface area (Å²) in [4.78, 5) is 23.8. The highest BCUT2D eigenvalue weighted by molar-refractivity contribution is 5.75. The average molecular weight is 280 g/mol. The normalized spacial score (nSPS) is 19.6. The molecule has 1 aromatic rings. The molecule has 0 radical (unpaired) electrons. The van der Waals surface area contributed by atoms with Gasteiger partial charge in [-0.15, -0.1) is 0 Å². The van der Waals surface area contributed by atoms with Crippen molar-refractivity contribution >= 4 is 11.7 Å². The molecule has 108 valence electrons. The van der Waals surface area contributed by atoms with Crippen LogP contribution in [0.2, 0.25) is 0 Å². The molecule has 1 atom stereocenters. The largest absolute Gasteiger partial charge is 0.468 e. The third-order valence-corrected chi connectivity index (χ3v) is 3.25. The van der Waals surface area contributed by atoms with Gasteiger partial charge in [-0.1, -0.05) is 12.1 Å². The Morgan fingerprint density at radius 1 is 1.50 bits per heavy atom. The van der Waals surface area contributed by atoms with Crippen molar-refractivity contribution in [3.8, 4) is 0 Å². The van der Waals surface area contributed by atoms with Crippen LogP contribution in [0.15, 0.2) is 24.3 Å². The summed E-state index contributed by atoms with van der Waals surface area (Å²) in [6.45, 7) is 2.01. The number of esters is 1. The van der Waals surface area contributed by atoms with Crippen molar-refractivity contribution < 1.29 is 19.2 Å². The molecule has 0 spiro atoms. The lowest BCUT2D eigenvalue weighted by Gasteiger charge is -2.33. The predicted octanol–water partition coefficient (Wildman–Crippen LogP) is 0.969. The first-order valence-corrected chi connectivity index (χ1v) is 6.25. The summed E-state index contributed by atoms with van der Waals surface area (Å²) in [7, 11) is 1.35. The standard InChI is InChI=1S/C13H16N2O5/c1-19-13(16)12-9-20-7-6-14(12)8-10-2-4-11(5-3-10)15(17)18/h2-5,12H,6-9H2,1H3. The molecule has 1 aromatic carbocycles. The van der Waals surface area contributed by atoms with Gasteiger partial charge in [-0.05, 0) is 5.56 Å². The van der Waals surface area contributed by atoms with E-state index in [1.54, 1.807) is 12.1 Å².